The summed E-state index contributed by atoms with van der Waals surface area (Å²) in [7, 11) is 0. The SMILES string of the molecule is CCOC(C1CC1)C(N)C1CCCC(CC)C1. The Morgan fingerprint density at radius 2 is 1.88 bits per heavy atom. The van der Waals surface area contributed by atoms with Crippen LogP contribution in [0, 0.1) is 17.8 Å². The molecule has 2 fully saturated rings. The fourth-order valence-corrected chi connectivity index (χ4v) is 3.50. The Balaban J connectivity index is 1.89. The Morgan fingerprint density at radius 1 is 1.12 bits per heavy atom. The summed E-state index contributed by atoms with van der Waals surface area (Å²) in [4.78, 5) is 0. The third-order valence-electron chi connectivity index (χ3n) is 4.77. The van der Waals surface area contributed by atoms with Gasteiger partial charge in [-0.3, -0.25) is 0 Å². The Hall–Kier alpha value is -0.0800. The van der Waals surface area contributed by atoms with Gasteiger partial charge in [0.05, 0.1) is 6.10 Å². The van der Waals surface area contributed by atoms with Crippen molar-refractivity contribution < 1.29 is 4.74 Å². The normalized spacial score (nSPS) is 33.4. The predicted molar refractivity (Wildman–Crippen MR) is 71.9 cm³/mol. The monoisotopic (exact) mass is 239 g/mol. The van der Waals surface area contributed by atoms with E-state index in [0.717, 1.165) is 18.4 Å². The Labute approximate surface area is 106 Å². The molecule has 4 atom stereocenters. The van der Waals surface area contributed by atoms with Gasteiger partial charge < -0.3 is 10.5 Å². The average molecular weight is 239 g/mol. The Bertz CT molecular complexity index is 227. The number of ether oxygens (including phenoxy) is 1. The van der Waals surface area contributed by atoms with Crippen LogP contribution in [-0.2, 0) is 4.74 Å². The van der Waals surface area contributed by atoms with Gasteiger partial charge >= 0.3 is 0 Å². The summed E-state index contributed by atoms with van der Waals surface area (Å²) >= 11 is 0. The summed E-state index contributed by atoms with van der Waals surface area (Å²) in [5.41, 5.74) is 6.51. The van der Waals surface area contributed by atoms with Gasteiger partial charge in [0.1, 0.15) is 0 Å². The summed E-state index contributed by atoms with van der Waals surface area (Å²) in [5.74, 6) is 2.40. The van der Waals surface area contributed by atoms with Gasteiger partial charge in [-0.25, -0.2) is 0 Å². The van der Waals surface area contributed by atoms with E-state index >= 15 is 0 Å². The molecule has 4 unspecified atom stereocenters. The maximum Gasteiger partial charge on any atom is 0.0756 e. The van der Waals surface area contributed by atoms with E-state index in [4.69, 9.17) is 10.5 Å². The maximum atomic E-state index is 6.51. The van der Waals surface area contributed by atoms with Crippen LogP contribution in [-0.4, -0.2) is 18.8 Å². The van der Waals surface area contributed by atoms with Crippen LogP contribution in [0.25, 0.3) is 0 Å². The molecule has 2 heteroatoms. The smallest absolute Gasteiger partial charge is 0.0756 e. The zero-order valence-corrected chi connectivity index (χ0v) is 11.5. The van der Waals surface area contributed by atoms with Crippen molar-refractivity contribution in [1.82, 2.24) is 0 Å². The van der Waals surface area contributed by atoms with Gasteiger partial charge in [-0.15, -0.1) is 0 Å². The molecule has 100 valence electrons. The van der Waals surface area contributed by atoms with E-state index in [0.29, 0.717) is 12.0 Å². The third-order valence-corrected chi connectivity index (χ3v) is 4.77. The van der Waals surface area contributed by atoms with Gasteiger partial charge in [0.25, 0.3) is 0 Å². The molecule has 0 spiro atoms. The van der Waals surface area contributed by atoms with Crippen LogP contribution in [0.1, 0.15) is 58.8 Å². The lowest BCUT2D eigenvalue weighted by atomic mass is 9.75. The zero-order chi connectivity index (χ0) is 12.3. The number of rotatable bonds is 6. The molecule has 0 bridgehead atoms. The number of nitrogens with two attached hydrogens (primary N) is 1. The Kier molecular flexibility index (Phi) is 4.87. The summed E-state index contributed by atoms with van der Waals surface area (Å²) in [6, 6.07) is 0.289. The highest BCUT2D eigenvalue weighted by Crippen LogP contribution is 2.40. The molecular formula is C15H29NO. The second kappa shape index (κ2) is 6.19. The van der Waals surface area contributed by atoms with Crippen LogP contribution in [0.4, 0.5) is 0 Å². The molecule has 0 amide bonds. The first kappa shape index (κ1) is 13.4. The van der Waals surface area contributed by atoms with Gasteiger partial charge in [-0.2, -0.15) is 0 Å². The lowest BCUT2D eigenvalue weighted by molar-refractivity contribution is 0.00563. The van der Waals surface area contributed by atoms with Gasteiger partial charge in [-0.1, -0.05) is 26.2 Å². The molecule has 2 aliphatic carbocycles. The Morgan fingerprint density at radius 3 is 2.47 bits per heavy atom. The van der Waals surface area contributed by atoms with E-state index < -0.39 is 0 Å². The molecule has 0 aromatic carbocycles. The summed E-state index contributed by atoms with van der Waals surface area (Å²) in [6.07, 6.45) is 9.81. The highest BCUT2D eigenvalue weighted by atomic mass is 16.5. The third kappa shape index (κ3) is 3.45. The molecule has 0 heterocycles. The maximum absolute atomic E-state index is 6.51. The summed E-state index contributed by atoms with van der Waals surface area (Å²) < 4.78 is 5.92. The van der Waals surface area contributed by atoms with Crippen molar-refractivity contribution >= 4 is 0 Å². The second-order valence-electron chi connectivity index (χ2n) is 6.04. The first-order valence-electron chi connectivity index (χ1n) is 7.63. The lowest BCUT2D eigenvalue weighted by Crippen LogP contribution is -2.45. The van der Waals surface area contributed by atoms with Crippen molar-refractivity contribution in [3.63, 3.8) is 0 Å². The van der Waals surface area contributed by atoms with Gasteiger partial charge in [0.2, 0.25) is 0 Å². The number of hydrogen-bond donors (Lipinski definition) is 1. The molecule has 17 heavy (non-hydrogen) atoms. The van der Waals surface area contributed by atoms with E-state index in [1.807, 2.05) is 0 Å². The van der Waals surface area contributed by atoms with Gasteiger partial charge in [0.15, 0.2) is 0 Å². The van der Waals surface area contributed by atoms with Gasteiger partial charge in [0, 0.05) is 12.6 Å². The van der Waals surface area contributed by atoms with Crippen LogP contribution in [0.3, 0.4) is 0 Å². The van der Waals surface area contributed by atoms with Crippen LogP contribution < -0.4 is 5.73 Å². The highest BCUT2D eigenvalue weighted by Gasteiger charge is 2.39. The van der Waals surface area contributed by atoms with Crippen molar-refractivity contribution in [1.29, 1.82) is 0 Å². The van der Waals surface area contributed by atoms with E-state index in [2.05, 4.69) is 13.8 Å². The van der Waals surface area contributed by atoms with Crippen molar-refractivity contribution in [2.24, 2.45) is 23.5 Å². The van der Waals surface area contributed by atoms with Crippen molar-refractivity contribution in [3.8, 4) is 0 Å². The standard InChI is InChI=1S/C15H29NO/c1-3-11-6-5-7-13(10-11)14(16)15(17-4-2)12-8-9-12/h11-15H,3-10,16H2,1-2H3. The molecule has 2 saturated carbocycles. The second-order valence-corrected chi connectivity index (χ2v) is 6.04. The lowest BCUT2D eigenvalue weighted by Gasteiger charge is -2.36. The summed E-state index contributed by atoms with van der Waals surface area (Å²) in [6.45, 7) is 5.23. The largest absolute Gasteiger partial charge is 0.377 e. The van der Waals surface area contributed by atoms with Crippen LogP contribution >= 0.6 is 0 Å². The minimum Gasteiger partial charge on any atom is -0.377 e. The first-order valence-corrected chi connectivity index (χ1v) is 7.63. The fourth-order valence-electron chi connectivity index (χ4n) is 3.50. The molecule has 0 saturated heterocycles. The van der Waals surface area contributed by atoms with Crippen molar-refractivity contribution in [2.45, 2.75) is 70.9 Å². The molecule has 2 nitrogen and oxygen atoms in total. The molecule has 0 aromatic rings. The van der Waals surface area contributed by atoms with Crippen LogP contribution in [0.15, 0.2) is 0 Å². The van der Waals surface area contributed by atoms with Crippen molar-refractivity contribution in [3.05, 3.63) is 0 Å². The van der Waals surface area contributed by atoms with Gasteiger partial charge in [-0.05, 0) is 50.4 Å². The summed E-state index contributed by atoms with van der Waals surface area (Å²) in [5, 5.41) is 0. The van der Waals surface area contributed by atoms with E-state index in [9.17, 15) is 0 Å². The molecular weight excluding hydrogens is 210 g/mol. The van der Waals surface area contributed by atoms with Crippen molar-refractivity contribution in [2.75, 3.05) is 6.61 Å². The van der Waals surface area contributed by atoms with Crippen LogP contribution in [0.2, 0.25) is 0 Å². The van der Waals surface area contributed by atoms with E-state index in [1.54, 1.807) is 0 Å². The minimum atomic E-state index is 0.289. The zero-order valence-electron chi connectivity index (χ0n) is 11.5. The van der Waals surface area contributed by atoms with E-state index in [-0.39, 0.29) is 6.04 Å². The van der Waals surface area contributed by atoms with E-state index in [1.165, 1.54) is 44.9 Å². The quantitative estimate of drug-likeness (QED) is 0.771. The average Bonchev–Trinajstić information content (AvgIpc) is 3.19. The minimum absolute atomic E-state index is 0.289. The number of hydrogen-bond acceptors (Lipinski definition) is 2. The molecule has 0 aromatic heterocycles. The highest BCUT2D eigenvalue weighted by molar-refractivity contribution is 4.93. The first-order chi connectivity index (χ1) is 8.26. The predicted octanol–water partition coefficient (Wildman–Crippen LogP) is 3.35. The van der Waals surface area contributed by atoms with Crippen LogP contribution in [0.5, 0.6) is 0 Å². The molecule has 2 aliphatic rings. The molecule has 2 N–H and O–H groups in total. The molecule has 0 aliphatic heterocycles. The molecule has 2 rings (SSSR count). The fraction of sp³-hybridized carbons (Fsp3) is 1.00. The topological polar surface area (TPSA) is 35.2 Å². The molecule has 0 radical (unpaired) electrons.